The first kappa shape index (κ1) is 18.0. The number of nitrogens with one attached hydrogen (secondary N) is 1. The molecule has 1 atom stereocenters. The molecule has 0 radical (unpaired) electrons. The van der Waals surface area contributed by atoms with Gasteiger partial charge in [-0.3, -0.25) is 9.59 Å². The van der Waals surface area contributed by atoms with Crippen LogP contribution in [-0.4, -0.2) is 28.9 Å². The van der Waals surface area contributed by atoms with Crippen molar-refractivity contribution in [2.45, 2.75) is 50.4 Å². The molecule has 0 bridgehead atoms. The zero-order valence-corrected chi connectivity index (χ0v) is 15.8. The second-order valence-corrected chi connectivity index (χ2v) is 8.02. The van der Waals surface area contributed by atoms with Gasteiger partial charge < -0.3 is 9.88 Å². The zero-order chi connectivity index (χ0) is 18.6. The molecule has 4 rings (SSSR count). The fraction of sp³-hybridized carbons (Fsp3) is 0.478. The quantitative estimate of drug-likeness (QED) is 0.890. The van der Waals surface area contributed by atoms with Crippen molar-refractivity contribution >= 4 is 5.91 Å². The number of likely N-dealkylation sites (tertiary alicyclic amines) is 1. The standard InChI is InChI=1S/C23H28N2O2/c26-21-16-20(10-13-24-21)17-11-14-25(15-12-17)23(27)22(19-8-4-5-9-19)18-6-2-1-3-7-18/h1-3,6-7,10,13,16-17,19,22H,4-5,8-9,11-12,14-15H2,(H,24,26). The summed E-state index contributed by atoms with van der Waals surface area (Å²) in [5.74, 6) is 1.16. The summed E-state index contributed by atoms with van der Waals surface area (Å²) < 4.78 is 0. The molecular weight excluding hydrogens is 336 g/mol. The van der Waals surface area contributed by atoms with E-state index in [1.807, 2.05) is 24.3 Å². The highest BCUT2D eigenvalue weighted by Crippen LogP contribution is 2.39. The summed E-state index contributed by atoms with van der Waals surface area (Å²) in [7, 11) is 0. The maximum absolute atomic E-state index is 13.5. The lowest BCUT2D eigenvalue weighted by atomic mass is 9.82. The number of carbonyl (C=O) groups excluding carboxylic acids is 1. The maximum Gasteiger partial charge on any atom is 0.248 e. The number of aromatic nitrogens is 1. The summed E-state index contributed by atoms with van der Waals surface area (Å²) in [6.45, 7) is 1.57. The van der Waals surface area contributed by atoms with Crippen LogP contribution in [0.3, 0.4) is 0 Å². The zero-order valence-electron chi connectivity index (χ0n) is 15.8. The Balaban J connectivity index is 1.47. The van der Waals surface area contributed by atoms with Crippen LogP contribution in [0.15, 0.2) is 53.5 Å². The van der Waals surface area contributed by atoms with E-state index in [2.05, 4.69) is 22.0 Å². The molecule has 1 amide bonds. The molecule has 2 heterocycles. The lowest BCUT2D eigenvalue weighted by molar-refractivity contribution is -0.135. The molecule has 1 N–H and O–H groups in total. The van der Waals surface area contributed by atoms with Crippen LogP contribution >= 0.6 is 0 Å². The fourth-order valence-corrected chi connectivity index (χ4v) is 4.91. The highest BCUT2D eigenvalue weighted by Gasteiger charge is 2.36. The molecule has 1 aromatic carbocycles. The lowest BCUT2D eigenvalue weighted by Gasteiger charge is -2.36. The van der Waals surface area contributed by atoms with Gasteiger partial charge >= 0.3 is 0 Å². The van der Waals surface area contributed by atoms with Crippen LogP contribution in [0.25, 0.3) is 0 Å². The number of aromatic amines is 1. The Morgan fingerprint density at radius 3 is 2.37 bits per heavy atom. The highest BCUT2D eigenvalue weighted by atomic mass is 16.2. The van der Waals surface area contributed by atoms with Crippen LogP contribution in [0, 0.1) is 5.92 Å². The fourth-order valence-electron chi connectivity index (χ4n) is 4.91. The molecule has 2 aliphatic rings. The van der Waals surface area contributed by atoms with Gasteiger partial charge in [-0.25, -0.2) is 0 Å². The number of H-pyrrole nitrogens is 1. The molecule has 2 aromatic rings. The van der Waals surface area contributed by atoms with Crippen LogP contribution in [0.5, 0.6) is 0 Å². The van der Waals surface area contributed by atoms with E-state index in [-0.39, 0.29) is 11.5 Å². The van der Waals surface area contributed by atoms with E-state index in [1.165, 1.54) is 18.4 Å². The SMILES string of the molecule is O=C(C(c1ccccc1)C1CCCC1)N1CCC(c2cc[nH]c(=O)c2)CC1. The maximum atomic E-state index is 13.5. The van der Waals surface area contributed by atoms with Gasteiger partial charge in [0.15, 0.2) is 0 Å². The number of amides is 1. The van der Waals surface area contributed by atoms with Crippen LogP contribution < -0.4 is 5.56 Å². The molecule has 1 aliphatic carbocycles. The summed E-state index contributed by atoms with van der Waals surface area (Å²) in [6.07, 6.45) is 8.39. The van der Waals surface area contributed by atoms with Crippen LogP contribution in [-0.2, 0) is 4.79 Å². The molecule has 4 nitrogen and oxygen atoms in total. The van der Waals surface area contributed by atoms with Gasteiger partial charge in [-0.05, 0) is 54.7 Å². The average molecular weight is 364 g/mol. The summed E-state index contributed by atoms with van der Waals surface area (Å²) in [6, 6.07) is 14.0. The van der Waals surface area contributed by atoms with Crippen molar-refractivity contribution < 1.29 is 4.79 Å². The molecule has 0 spiro atoms. The monoisotopic (exact) mass is 364 g/mol. The minimum absolute atomic E-state index is 0.00446. The number of hydrogen-bond donors (Lipinski definition) is 1. The first-order valence-corrected chi connectivity index (χ1v) is 10.2. The molecule has 1 aromatic heterocycles. The normalized spacial score (nSPS) is 19.9. The summed E-state index contributed by atoms with van der Waals surface area (Å²) in [5, 5.41) is 0. The minimum atomic E-state index is -0.0450. The molecule has 1 aliphatic heterocycles. The summed E-state index contributed by atoms with van der Waals surface area (Å²) >= 11 is 0. The molecule has 4 heteroatoms. The van der Waals surface area contributed by atoms with Crippen LogP contribution in [0.4, 0.5) is 0 Å². The van der Waals surface area contributed by atoms with Crippen molar-refractivity contribution in [2.24, 2.45) is 5.92 Å². The van der Waals surface area contributed by atoms with Crippen molar-refractivity contribution in [3.8, 4) is 0 Å². The Bertz CT molecular complexity index is 816. The Labute approximate surface area is 160 Å². The smallest absolute Gasteiger partial charge is 0.248 e. The molecule has 2 fully saturated rings. The second kappa shape index (κ2) is 8.12. The number of nitrogens with zero attached hydrogens (tertiary/aromatic N) is 1. The van der Waals surface area contributed by atoms with Gasteiger partial charge in [0.2, 0.25) is 11.5 Å². The van der Waals surface area contributed by atoms with Crippen molar-refractivity contribution in [3.05, 3.63) is 70.1 Å². The average Bonchev–Trinajstić information content (AvgIpc) is 3.23. The first-order chi connectivity index (χ1) is 13.2. The van der Waals surface area contributed by atoms with E-state index in [4.69, 9.17) is 0 Å². The predicted octanol–water partition coefficient (Wildman–Crippen LogP) is 4.05. The van der Waals surface area contributed by atoms with Gasteiger partial charge in [-0.15, -0.1) is 0 Å². The van der Waals surface area contributed by atoms with E-state index in [0.717, 1.165) is 44.3 Å². The van der Waals surface area contributed by atoms with Gasteiger partial charge in [-0.1, -0.05) is 43.2 Å². The number of rotatable bonds is 4. The van der Waals surface area contributed by atoms with E-state index in [9.17, 15) is 9.59 Å². The first-order valence-electron chi connectivity index (χ1n) is 10.2. The second-order valence-electron chi connectivity index (χ2n) is 8.02. The number of carbonyl (C=O) groups is 1. The van der Waals surface area contributed by atoms with Crippen molar-refractivity contribution in [1.29, 1.82) is 0 Å². The van der Waals surface area contributed by atoms with E-state index < -0.39 is 0 Å². The van der Waals surface area contributed by atoms with Gasteiger partial charge in [0.25, 0.3) is 0 Å². The van der Waals surface area contributed by atoms with E-state index >= 15 is 0 Å². The Morgan fingerprint density at radius 2 is 1.70 bits per heavy atom. The van der Waals surface area contributed by atoms with Crippen molar-refractivity contribution in [2.75, 3.05) is 13.1 Å². The minimum Gasteiger partial charge on any atom is -0.342 e. The Kier molecular flexibility index (Phi) is 5.42. The largest absolute Gasteiger partial charge is 0.342 e. The topological polar surface area (TPSA) is 53.2 Å². The number of benzene rings is 1. The predicted molar refractivity (Wildman–Crippen MR) is 107 cm³/mol. The third-order valence-electron chi connectivity index (χ3n) is 6.37. The summed E-state index contributed by atoms with van der Waals surface area (Å²) in [5.41, 5.74) is 2.23. The lowest BCUT2D eigenvalue weighted by Crippen LogP contribution is -2.42. The highest BCUT2D eigenvalue weighted by molar-refractivity contribution is 5.84. The molecule has 1 saturated carbocycles. The van der Waals surface area contributed by atoms with Gasteiger partial charge in [0.05, 0.1) is 5.92 Å². The number of piperidine rings is 1. The number of hydrogen-bond acceptors (Lipinski definition) is 2. The van der Waals surface area contributed by atoms with Crippen LogP contribution in [0.1, 0.15) is 61.5 Å². The third-order valence-corrected chi connectivity index (χ3v) is 6.37. The van der Waals surface area contributed by atoms with Crippen LogP contribution in [0.2, 0.25) is 0 Å². The van der Waals surface area contributed by atoms with Gasteiger partial charge in [0.1, 0.15) is 0 Å². The van der Waals surface area contributed by atoms with Gasteiger partial charge in [0, 0.05) is 25.4 Å². The third kappa shape index (κ3) is 4.00. The number of pyridine rings is 1. The Morgan fingerprint density at radius 1 is 1.00 bits per heavy atom. The molecule has 1 unspecified atom stereocenters. The van der Waals surface area contributed by atoms with Crippen molar-refractivity contribution in [3.63, 3.8) is 0 Å². The van der Waals surface area contributed by atoms with E-state index in [0.29, 0.717) is 17.7 Å². The summed E-state index contributed by atoms with van der Waals surface area (Å²) in [4.78, 5) is 29.8. The molecule has 27 heavy (non-hydrogen) atoms. The van der Waals surface area contributed by atoms with E-state index in [1.54, 1.807) is 12.3 Å². The van der Waals surface area contributed by atoms with Gasteiger partial charge in [-0.2, -0.15) is 0 Å². The molecule has 1 saturated heterocycles. The molecule has 142 valence electrons. The molecular formula is C23H28N2O2. The van der Waals surface area contributed by atoms with Crippen molar-refractivity contribution in [1.82, 2.24) is 9.88 Å². The Hall–Kier alpha value is -2.36.